The van der Waals surface area contributed by atoms with E-state index in [-0.39, 0.29) is 5.92 Å². The van der Waals surface area contributed by atoms with Crippen LogP contribution < -0.4 is 0 Å². The maximum Gasteiger partial charge on any atom is 0.0710 e. The van der Waals surface area contributed by atoms with E-state index in [2.05, 4.69) is 37.3 Å². The summed E-state index contributed by atoms with van der Waals surface area (Å²) in [5.74, 6) is 0.0608. The number of rotatable bonds is 4. The summed E-state index contributed by atoms with van der Waals surface area (Å²) >= 11 is 0. The molecule has 0 amide bonds. The summed E-state index contributed by atoms with van der Waals surface area (Å²) in [5.41, 5.74) is 2.51. The molecule has 0 saturated heterocycles. The van der Waals surface area contributed by atoms with E-state index in [0.717, 1.165) is 18.4 Å². The van der Waals surface area contributed by atoms with E-state index in [4.69, 9.17) is 5.26 Å². The van der Waals surface area contributed by atoms with Gasteiger partial charge in [0.2, 0.25) is 0 Å². The van der Waals surface area contributed by atoms with Gasteiger partial charge in [-0.2, -0.15) is 5.26 Å². The lowest BCUT2D eigenvalue weighted by molar-refractivity contribution is 0.816. The highest BCUT2D eigenvalue weighted by molar-refractivity contribution is 5.28. The third-order valence-electron chi connectivity index (χ3n) is 2.48. The third-order valence-corrected chi connectivity index (χ3v) is 2.48. The summed E-state index contributed by atoms with van der Waals surface area (Å²) in [6, 6.07) is 10.8. The second kappa shape index (κ2) is 5.44. The Balaban J connectivity index is 2.77. The van der Waals surface area contributed by atoms with Gasteiger partial charge in [0.05, 0.1) is 12.0 Å². The highest BCUT2D eigenvalue weighted by atomic mass is 14.3. The fourth-order valence-corrected chi connectivity index (χ4v) is 1.61. The standard InChI is InChI=1S/C13H17N/c1-3-5-11-6-8-13(9-7-11)12(4-2)10-14/h6-9,12H,3-5H2,1-2H3. The Labute approximate surface area is 86.4 Å². The largest absolute Gasteiger partial charge is 0.198 e. The maximum absolute atomic E-state index is 8.90. The van der Waals surface area contributed by atoms with Crippen LogP contribution in [0, 0.1) is 11.3 Å². The van der Waals surface area contributed by atoms with Crippen LogP contribution in [0.2, 0.25) is 0 Å². The summed E-state index contributed by atoms with van der Waals surface area (Å²) in [6.07, 6.45) is 3.20. The smallest absolute Gasteiger partial charge is 0.0710 e. The number of nitriles is 1. The van der Waals surface area contributed by atoms with Crippen molar-refractivity contribution in [2.75, 3.05) is 0 Å². The zero-order valence-corrected chi connectivity index (χ0v) is 8.96. The summed E-state index contributed by atoms with van der Waals surface area (Å²) in [6.45, 7) is 4.23. The lowest BCUT2D eigenvalue weighted by Crippen LogP contribution is -1.93. The van der Waals surface area contributed by atoms with E-state index in [1.807, 2.05) is 6.92 Å². The van der Waals surface area contributed by atoms with E-state index in [1.54, 1.807) is 0 Å². The number of benzene rings is 1. The first-order valence-corrected chi connectivity index (χ1v) is 5.30. The molecular weight excluding hydrogens is 170 g/mol. The van der Waals surface area contributed by atoms with Crippen molar-refractivity contribution in [1.82, 2.24) is 0 Å². The molecule has 0 spiro atoms. The minimum absolute atomic E-state index is 0.0608. The average molecular weight is 187 g/mol. The topological polar surface area (TPSA) is 23.8 Å². The van der Waals surface area contributed by atoms with Crippen molar-refractivity contribution in [2.24, 2.45) is 0 Å². The normalized spacial score (nSPS) is 12.1. The quantitative estimate of drug-likeness (QED) is 0.705. The van der Waals surface area contributed by atoms with Gasteiger partial charge in [0.15, 0.2) is 0 Å². The zero-order valence-electron chi connectivity index (χ0n) is 8.96. The Morgan fingerprint density at radius 1 is 1.21 bits per heavy atom. The molecule has 0 radical (unpaired) electrons. The number of hydrogen-bond acceptors (Lipinski definition) is 1. The molecule has 0 aliphatic rings. The van der Waals surface area contributed by atoms with Gasteiger partial charge < -0.3 is 0 Å². The lowest BCUT2D eigenvalue weighted by Gasteiger charge is -2.06. The van der Waals surface area contributed by atoms with Crippen molar-refractivity contribution < 1.29 is 0 Å². The molecule has 1 atom stereocenters. The van der Waals surface area contributed by atoms with Crippen LogP contribution in [0.4, 0.5) is 0 Å². The van der Waals surface area contributed by atoms with Crippen molar-refractivity contribution in [3.63, 3.8) is 0 Å². The van der Waals surface area contributed by atoms with Crippen LogP contribution in [0.15, 0.2) is 24.3 Å². The van der Waals surface area contributed by atoms with Gasteiger partial charge >= 0.3 is 0 Å². The SMILES string of the molecule is CCCc1ccc(C(C#N)CC)cc1. The molecule has 0 N–H and O–H groups in total. The van der Waals surface area contributed by atoms with E-state index in [1.165, 1.54) is 12.0 Å². The fourth-order valence-electron chi connectivity index (χ4n) is 1.61. The Morgan fingerprint density at radius 2 is 1.86 bits per heavy atom. The van der Waals surface area contributed by atoms with Crippen LogP contribution in [0.5, 0.6) is 0 Å². The highest BCUT2D eigenvalue weighted by Gasteiger charge is 2.06. The second-order valence-corrected chi connectivity index (χ2v) is 3.58. The summed E-state index contributed by atoms with van der Waals surface area (Å²) < 4.78 is 0. The molecule has 0 aromatic heterocycles. The van der Waals surface area contributed by atoms with Gasteiger partial charge in [-0.05, 0) is 24.0 Å². The molecule has 1 heteroatoms. The van der Waals surface area contributed by atoms with Crippen LogP contribution in [0.3, 0.4) is 0 Å². The molecule has 1 aromatic carbocycles. The minimum atomic E-state index is 0.0608. The zero-order chi connectivity index (χ0) is 10.4. The number of aryl methyl sites for hydroxylation is 1. The van der Waals surface area contributed by atoms with Gasteiger partial charge in [-0.3, -0.25) is 0 Å². The molecule has 0 fully saturated rings. The molecule has 14 heavy (non-hydrogen) atoms. The van der Waals surface area contributed by atoms with Crippen molar-refractivity contribution in [3.05, 3.63) is 35.4 Å². The minimum Gasteiger partial charge on any atom is -0.198 e. The molecule has 0 aliphatic heterocycles. The van der Waals surface area contributed by atoms with Crippen molar-refractivity contribution in [2.45, 2.75) is 39.0 Å². The molecule has 0 bridgehead atoms. The van der Waals surface area contributed by atoms with Gasteiger partial charge in [-0.1, -0.05) is 44.5 Å². The first kappa shape index (κ1) is 10.8. The summed E-state index contributed by atoms with van der Waals surface area (Å²) in [7, 11) is 0. The Kier molecular flexibility index (Phi) is 4.19. The van der Waals surface area contributed by atoms with Crippen LogP contribution in [-0.4, -0.2) is 0 Å². The van der Waals surface area contributed by atoms with Gasteiger partial charge in [-0.25, -0.2) is 0 Å². The van der Waals surface area contributed by atoms with E-state index in [9.17, 15) is 0 Å². The Hall–Kier alpha value is -1.29. The molecule has 74 valence electrons. The van der Waals surface area contributed by atoms with Crippen LogP contribution in [0.1, 0.15) is 43.7 Å². The van der Waals surface area contributed by atoms with Gasteiger partial charge in [-0.15, -0.1) is 0 Å². The van der Waals surface area contributed by atoms with Crippen molar-refractivity contribution >= 4 is 0 Å². The fraction of sp³-hybridized carbons (Fsp3) is 0.462. The van der Waals surface area contributed by atoms with Crippen molar-refractivity contribution in [1.29, 1.82) is 5.26 Å². The van der Waals surface area contributed by atoms with Gasteiger partial charge in [0.1, 0.15) is 0 Å². The molecule has 0 heterocycles. The van der Waals surface area contributed by atoms with Gasteiger partial charge in [0.25, 0.3) is 0 Å². The predicted molar refractivity (Wildman–Crippen MR) is 59.1 cm³/mol. The van der Waals surface area contributed by atoms with E-state index >= 15 is 0 Å². The first-order chi connectivity index (χ1) is 6.81. The monoisotopic (exact) mass is 187 g/mol. The molecule has 1 unspecified atom stereocenters. The number of nitrogens with zero attached hydrogens (tertiary/aromatic N) is 1. The molecule has 1 rings (SSSR count). The maximum atomic E-state index is 8.90. The molecule has 0 saturated carbocycles. The summed E-state index contributed by atoms with van der Waals surface area (Å²) in [5, 5.41) is 8.90. The third kappa shape index (κ3) is 2.60. The number of hydrogen-bond donors (Lipinski definition) is 0. The summed E-state index contributed by atoms with van der Waals surface area (Å²) in [4.78, 5) is 0. The Bertz CT molecular complexity index is 305. The van der Waals surface area contributed by atoms with E-state index < -0.39 is 0 Å². The van der Waals surface area contributed by atoms with Gasteiger partial charge in [0, 0.05) is 0 Å². The van der Waals surface area contributed by atoms with Crippen molar-refractivity contribution in [3.8, 4) is 6.07 Å². The lowest BCUT2D eigenvalue weighted by atomic mass is 9.96. The predicted octanol–water partition coefficient (Wildman–Crippen LogP) is 3.66. The molecular formula is C13H17N. The van der Waals surface area contributed by atoms with Crippen LogP contribution in [0.25, 0.3) is 0 Å². The first-order valence-electron chi connectivity index (χ1n) is 5.30. The highest BCUT2D eigenvalue weighted by Crippen LogP contribution is 2.19. The van der Waals surface area contributed by atoms with Crippen LogP contribution in [-0.2, 0) is 6.42 Å². The van der Waals surface area contributed by atoms with Crippen LogP contribution >= 0.6 is 0 Å². The average Bonchev–Trinajstić information content (AvgIpc) is 2.23. The Morgan fingerprint density at radius 3 is 2.29 bits per heavy atom. The van der Waals surface area contributed by atoms with E-state index in [0.29, 0.717) is 0 Å². The molecule has 0 aliphatic carbocycles. The molecule has 1 aromatic rings. The second-order valence-electron chi connectivity index (χ2n) is 3.58. The molecule has 1 nitrogen and oxygen atoms in total.